The molecule has 0 saturated carbocycles. The molecule has 0 aromatic carbocycles. The fourth-order valence-corrected chi connectivity index (χ4v) is 1.34. The second-order valence-corrected chi connectivity index (χ2v) is 4.40. The highest BCUT2D eigenvalue weighted by Gasteiger charge is 2.17. The van der Waals surface area contributed by atoms with E-state index in [0.29, 0.717) is 5.16 Å². The summed E-state index contributed by atoms with van der Waals surface area (Å²) in [5, 5.41) is 0.552. The zero-order chi connectivity index (χ0) is 8.04. The highest BCUT2D eigenvalue weighted by Crippen LogP contribution is 2.32. The highest BCUT2D eigenvalue weighted by atomic mass is 31.0. The van der Waals surface area contributed by atoms with Gasteiger partial charge in [-0.2, -0.15) is 0 Å². The highest BCUT2D eigenvalue weighted by molar-refractivity contribution is 7.18. The van der Waals surface area contributed by atoms with Gasteiger partial charge in [-0.1, -0.05) is 33.6 Å². The quantitative estimate of drug-likeness (QED) is 0.539. The van der Waals surface area contributed by atoms with Gasteiger partial charge in [0.2, 0.25) is 0 Å². The van der Waals surface area contributed by atoms with Crippen molar-refractivity contribution < 1.29 is 0 Å². The maximum Gasteiger partial charge on any atom is -0.0155 e. The molecule has 0 aliphatic heterocycles. The Morgan fingerprint density at radius 2 is 1.60 bits per heavy atom. The summed E-state index contributed by atoms with van der Waals surface area (Å²) in [5.41, 5.74) is 0. The van der Waals surface area contributed by atoms with Gasteiger partial charge < -0.3 is 0 Å². The van der Waals surface area contributed by atoms with Gasteiger partial charge >= 0.3 is 0 Å². The van der Waals surface area contributed by atoms with Crippen LogP contribution in [0.4, 0.5) is 0 Å². The topological polar surface area (TPSA) is 0 Å². The molecule has 0 nitrogen and oxygen atoms in total. The number of unbranched alkanes of at least 4 members (excludes halogenated alkanes) is 1. The van der Waals surface area contributed by atoms with Crippen LogP contribution in [0.2, 0.25) is 0 Å². The van der Waals surface area contributed by atoms with Crippen molar-refractivity contribution in [3.63, 3.8) is 0 Å². The molecule has 0 N–H and O–H groups in total. The van der Waals surface area contributed by atoms with Crippen LogP contribution in [0.5, 0.6) is 0 Å². The van der Waals surface area contributed by atoms with Crippen LogP contribution < -0.4 is 0 Å². The van der Waals surface area contributed by atoms with Crippen molar-refractivity contribution in [3.05, 3.63) is 0 Å². The van der Waals surface area contributed by atoms with Gasteiger partial charge in [-0.05, 0) is 24.4 Å². The standard InChI is InChI=1S/C9H21P/c1-4-7-8-9(10,5-2)6-3/h4-8,10H2,1-3H3. The van der Waals surface area contributed by atoms with E-state index in [-0.39, 0.29) is 0 Å². The molecule has 10 heavy (non-hydrogen) atoms. The summed E-state index contributed by atoms with van der Waals surface area (Å²) < 4.78 is 0. The molecule has 0 aromatic heterocycles. The lowest BCUT2D eigenvalue weighted by Gasteiger charge is -2.25. The van der Waals surface area contributed by atoms with Gasteiger partial charge in [0, 0.05) is 0 Å². The molecule has 0 amide bonds. The summed E-state index contributed by atoms with van der Waals surface area (Å²) in [5.74, 6) is 0. The van der Waals surface area contributed by atoms with E-state index in [1.807, 2.05) is 0 Å². The Bertz CT molecular complexity index is 74.8. The number of hydrogen-bond donors (Lipinski definition) is 0. The van der Waals surface area contributed by atoms with Crippen LogP contribution in [0.15, 0.2) is 0 Å². The minimum atomic E-state index is 0.552. The van der Waals surface area contributed by atoms with Gasteiger partial charge in [0.1, 0.15) is 0 Å². The van der Waals surface area contributed by atoms with Crippen molar-refractivity contribution in [1.82, 2.24) is 0 Å². The second-order valence-electron chi connectivity index (χ2n) is 3.17. The Morgan fingerprint density at radius 3 is 1.90 bits per heavy atom. The van der Waals surface area contributed by atoms with E-state index in [2.05, 4.69) is 30.0 Å². The van der Waals surface area contributed by atoms with E-state index in [9.17, 15) is 0 Å². The number of rotatable bonds is 5. The summed E-state index contributed by atoms with van der Waals surface area (Å²) in [7, 11) is 3.02. The van der Waals surface area contributed by atoms with Gasteiger partial charge in [-0.15, -0.1) is 9.24 Å². The Labute approximate surface area is 68.0 Å². The molecule has 0 aromatic rings. The lowest BCUT2D eigenvalue weighted by Crippen LogP contribution is -2.17. The lowest BCUT2D eigenvalue weighted by molar-refractivity contribution is 0.485. The third-order valence-electron chi connectivity index (χ3n) is 2.44. The van der Waals surface area contributed by atoms with Crippen molar-refractivity contribution >= 4 is 9.24 Å². The molecular weight excluding hydrogens is 139 g/mol. The first kappa shape index (κ1) is 10.4. The Morgan fingerprint density at radius 1 is 1.10 bits per heavy atom. The van der Waals surface area contributed by atoms with E-state index in [4.69, 9.17) is 0 Å². The molecule has 1 atom stereocenters. The predicted molar refractivity (Wildman–Crippen MR) is 52.5 cm³/mol. The molecule has 1 unspecified atom stereocenters. The molecule has 0 heterocycles. The zero-order valence-corrected chi connectivity index (χ0v) is 8.77. The molecule has 0 bridgehead atoms. The van der Waals surface area contributed by atoms with Crippen molar-refractivity contribution in [2.45, 2.75) is 58.0 Å². The lowest BCUT2D eigenvalue weighted by atomic mass is 9.95. The third kappa shape index (κ3) is 3.56. The van der Waals surface area contributed by atoms with Crippen LogP contribution in [0, 0.1) is 0 Å². The molecule has 0 fully saturated rings. The molecule has 0 spiro atoms. The minimum Gasteiger partial charge on any atom is -0.131 e. The van der Waals surface area contributed by atoms with Gasteiger partial charge in [-0.25, -0.2) is 0 Å². The van der Waals surface area contributed by atoms with Gasteiger partial charge in [0.15, 0.2) is 0 Å². The van der Waals surface area contributed by atoms with E-state index < -0.39 is 0 Å². The Balaban J connectivity index is 3.58. The first-order chi connectivity index (χ1) is 4.68. The summed E-state index contributed by atoms with van der Waals surface area (Å²) in [6.45, 7) is 6.83. The van der Waals surface area contributed by atoms with E-state index in [1.165, 1.54) is 32.1 Å². The average Bonchev–Trinajstić information content (AvgIpc) is 2.00. The predicted octanol–water partition coefficient (Wildman–Crippen LogP) is 3.61. The molecule has 0 rings (SSSR count). The van der Waals surface area contributed by atoms with Crippen molar-refractivity contribution in [2.24, 2.45) is 0 Å². The summed E-state index contributed by atoms with van der Waals surface area (Å²) in [6.07, 6.45) is 6.69. The molecular formula is C9H21P. The zero-order valence-electron chi connectivity index (χ0n) is 7.61. The van der Waals surface area contributed by atoms with Gasteiger partial charge in [0.05, 0.1) is 0 Å². The molecule has 0 radical (unpaired) electrons. The molecule has 0 aliphatic rings. The molecule has 0 aliphatic carbocycles. The monoisotopic (exact) mass is 160 g/mol. The van der Waals surface area contributed by atoms with Crippen LogP contribution in [-0.4, -0.2) is 5.16 Å². The molecule has 0 saturated heterocycles. The van der Waals surface area contributed by atoms with Gasteiger partial charge in [-0.3, -0.25) is 0 Å². The van der Waals surface area contributed by atoms with E-state index >= 15 is 0 Å². The SMILES string of the molecule is CCCCC(P)(CC)CC. The molecule has 62 valence electrons. The Hall–Kier alpha value is 0.430. The first-order valence-electron chi connectivity index (χ1n) is 4.47. The Kier molecular flexibility index (Phi) is 5.35. The largest absolute Gasteiger partial charge is 0.131 e. The maximum absolute atomic E-state index is 3.02. The van der Waals surface area contributed by atoms with Crippen molar-refractivity contribution in [3.8, 4) is 0 Å². The van der Waals surface area contributed by atoms with Crippen LogP contribution >= 0.6 is 9.24 Å². The summed E-state index contributed by atoms with van der Waals surface area (Å²) >= 11 is 0. The van der Waals surface area contributed by atoms with Crippen LogP contribution in [0.25, 0.3) is 0 Å². The normalized spacial score (nSPS) is 12.0. The fourth-order valence-electron chi connectivity index (χ4n) is 1.13. The van der Waals surface area contributed by atoms with Crippen molar-refractivity contribution in [1.29, 1.82) is 0 Å². The summed E-state index contributed by atoms with van der Waals surface area (Å²) in [4.78, 5) is 0. The maximum atomic E-state index is 3.02. The molecule has 1 heteroatoms. The van der Waals surface area contributed by atoms with Crippen LogP contribution in [0.3, 0.4) is 0 Å². The fraction of sp³-hybridized carbons (Fsp3) is 1.00. The smallest absolute Gasteiger partial charge is 0.0155 e. The number of hydrogen-bond acceptors (Lipinski definition) is 0. The van der Waals surface area contributed by atoms with Gasteiger partial charge in [0.25, 0.3) is 0 Å². The van der Waals surface area contributed by atoms with E-state index in [1.54, 1.807) is 0 Å². The second kappa shape index (κ2) is 5.13. The summed E-state index contributed by atoms with van der Waals surface area (Å²) in [6, 6.07) is 0. The van der Waals surface area contributed by atoms with Crippen molar-refractivity contribution in [2.75, 3.05) is 0 Å². The first-order valence-corrected chi connectivity index (χ1v) is 5.05. The van der Waals surface area contributed by atoms with Crippen LogP contribution in [0.1, 0.15) is 52.9 Å². The van der Waals surface area contributed by atoms with Crippen LogP contribution in [-0.2, 0) is 0 Å². The minimum absolute atomic E-state index is 0.552. The average molecular weight is 160 g/mol. The third-order valence-corrected chi connectivity index (χ3v) is 3.54. The van der Waals surface area contributed by atoms with E-state index in [0.717, 1.165) is 0 Å².